The van der Waals surface area contributed by atoms with Crippen molar-refractivity contribution in [2.24, 2.45) is 0 Å². The highest BCUT2D eigenvalue weighted by Crippen LogP contribution is 2.11. The summed E-state index contributed by atoms with van der Waals surface area (Å²) in [7, 11) is 8.04. The van der Waals surface area contributed by atoms with E-state index < -0.39 is 5.82 Å². The van der Waals surface area contributed by atoms with Crippen molar-refractivity contribution < 1.29 is 9.18 Å². The molecule has 0 N–H and O–H groups in total. The van der Waals surface area contributed by atoms with Crippen molar-refractivity contribution in [2.45, 2.75) is 12.8 Å². The Hall–Kier alpha value is -1.46. The van der Waals surface area contributed by atoms with E-state index in [1.165, 1.54) is 6.07 Å². The Morgan fingerprint density at radius 3 is 1.86 bits per heavy atom. The Kier molecular flexibility index (Phi) is 8.06. The molecule has 1 amide bonds. The fraction of sp³-hybridized carbons (Fsp3) is 0.588. The second-order valence-electron chi connectivity index (χ2n) is 6.09. The van der Waals surface area contributed by atoms with E-state index in [0.717, 1.165) is 25.9 Å². The van der Waals surface area contributed by atoms with E-state index in [1.807, 2.05) is 28.2 Å². The molecule has 0 saturated heterocycles. The summed E-state index contributed by atoms with van der Waals surface area (Å²) >= 11 is 0. The number of carbonyl (C=O) groups excluding carboxylic acids is 1. The Balaban J connectivity index is 2.70. The van der Waals surface area contributed by atoms with Crippen LogP contribution in [0.5, 0.6) is 0 Å². The summed E-state index contributed by atoms with van der Waals surface area (Å²) in [6.45, 7) is 3.13. The van der Waals surface area contributed by atoms with Gasteiger partial charge in [-0.25, -0.2) is 4.39 Å². The molecule has 4 nitrogen and oxygen atoms in total. The van der Waals surface area contributed by atoms with Gasteiger partial charge in [0.1, 0.15) is 5.82 Å². The average Bonchev–Trinajstić information content (AvgIpc) is 2.45. The van der Waals surface area contributed by atoms with Crippen molar-refractivity contribution in [3.05, 3.63) is 35.6 Å². The SMILES string of the molecule is CN(C)CCCN(CCCN(C)C)C(=O)c1ccccc1F. The molecule has 124 valence electrons. The summed E-state index contributed by atoms with van der Waals surface area (Å²) in [4.78, 5) is 18.5. The highest BCUT2D eigenvalue weighted by Gasteiger charge is 2.18. The van der Waals surface area contributed by atoms with E-state index in [1.54, 1.807) is 23.1 Å². The molecule has 0 unspecified atom stereocenters. The molecule has 0 aliphatic carbocycles. The molecule has 0 bridgehead atoms. The van der Waals surface area contributed by atoms with Gasteiger partial charge < -0.3 is 14.7 Å². The molecule has 0 spiro atoms. The number of rotatable bonds is 9. The molecule has 0 atom stereocenters. The van der Waals surface area contributed by atoms with Crippen LogP contribution >= 0.6 is 0 Å². The number of hydrogen-bond donors (Lipinski definition) is 0. The molecule has 22 heavy (non-hydrogen) atoms. The lowest BCUT2D eigenvalue weighted by Crippen LogP contribution is -2.36. The zero-order valence-corrected chi connectivity index (χ0v) is 14.2. The van der Waals surface area contributed by atoms with Gasteiger partial charge in [0.15, 0.2) is 0 Å². The molecule has 0 saturated carbocycles. The van der Waals surface area contributed by atoms with Crippen molar-refractivity contribution in [2.75, 3.05) is 54.4 Å². The fourth-order valence-electron chi connectivity index (χ4n) is 2.28. The quantitative estimate of drug-likeness (QED) is 0.699. The molecule has 0 aromatic heterocycles. The molecule has 0 radical (unpaired) electrons. The zero-order valence-electron chi connectivity index (χ0n) is 14.2. The van der Waals surface area contributed by atoms with E-state index in [9.17, 15) is 9.18 Å². The topological polar surface area (TPSA) is 26.8 Å². The largest absolute Gasteiger partial charge is 0.338 e. The molecule has 0 aliphatic heterocycles. The summed E-state index contributed by atoms with van der Waals surface area (Å²) < 4.78 is 13.8. The number of amides is 1. The molecule has 1 aromatic carbocycles. The van der Waals surface area contributed by atoms with Gasteiger partial charge in [0.05, 0.1) is 5.56 Å². The van der Waals surface area contributed by atoms with E-state index in [4.69, 9.17) is 0 Å². The van der Waals surface area contributed by atoms with Crippen molar-refractivity contribution >= 4 is 5.91 Å². The molecule has 0 heterocycles. The van der Waals surface area contributed by atoms with E-state index >= 15 is 0 Å². The van der Waals surface area contributed by atoms with Crippen LogP contribution in [0.3, 0.4) is 0 Å². The number of hydrogen-bond acceptors (Lipinski definition) is 3. The highest BCUT2D eigenvalue weighted by atomic mass is 19.1. The Morgan fingerprint density at radius 2 is 1.41 bits per heavy atom. The maximum atomic E-state index is 13.8. The molecular weight excluding hydrogens is 281 g/mol. The van der Waals surface area contributed by atoms with E-state index in [2.05, 4.69) is 9.80 Å². The van der Waals surface area contributed by atoms with E-state index in [0.29, 0.717) is 13.1 Å². The Bertz CT molecular complexity index is 449. The van der Waals surface area contributed by atoms with Gasteiger partial charge >= 0.3 is 0 Å². The summed E-state index contributed by atoms with van der Waals surface area (Å²) in [5.41, 5.74) is 0.164. The van der Waals surface area contributed by atoms with Crippen LogP contribution < -0.4 is 0 Å². The first-order chi connectivity index (χ1) is 10.4. The van der Waals surface area contributed by atoms with Gasteiger partial charge in [-0.3, -0.25) is 4.79 Å². The molecule has 1 rings (SSSR count). The maximum Gasteiger partial charge on any atom is 0.256 e. The lowest BCUT2D eigenvalue weighted by atomic mass is 10.1. The summed E-state index contributed by atoms with van der Waals surface area (Å²) in [5, 5.41) is 0. The first-order valence-electron chi connectivity index (χ1n) is 7.75. The monoisotopic (exact) mass is 309 g/mol. The second-order valence-corrected chi connectivity index (χ2v) is 6.09. The van der Waals surface area contributed by atoms with Crippen molar-refractivity contribution in [1.29, 1.82) is 0 Å². The smallest absolute Gasteiger partial charge is 0.256 e. The van der Waals surface area contributed by atoms with Crippen molar-refractivity contribution in [1.82, 2.24) is 14.7 Å². The third-order valence-corrected chi connectivity index (χ3v) is 3.46. The van der Waals surface area contributed by atoms with Crippen LogP contribution in [0.1, 0.15) is 23.2 Å². The predicted molar refractivity (Wildman–Crippen MR) is 88.6 cm³/mol. The Morgan fingerprint density at radius 1 is 0.909 bits per heavy atom. The molecular formula is C17H28FN3O. The number of benzene rings is 1. The van der Waals surface area contributed by atoms with Crippen LogP contribution in [0.2, 0.25) is 0 Å². The van der Waals surface area contributed by atoms with Crippen LogP contribution in [0.25, 0.3) is 0 Å². The van der Waals surface area contributed by atoms with Gasteiger partial charge in [0, 0.05) is 13.1 Å². The van der Waals surface area contributed by atoms with Crippen molar-refractivity contribution in [3.8, 4) is 0 Å². The van der Waals surface area contributed by atoms with E-state index in [-0.39, 0.29) is 11.5 Å². The lowest BCUT2D eigenvalue weighted by Gasteiger charge is -2.24. The van der Waals surface area contributed by atoms with Crippen LogP contribution in [0.4, 0.5) is 4.39 Å². The average molecular weight is 309 g/mol. The molecule has 0 fully saturated rings. The van der Waals surface area contributed by atoms with Gasteiger partial charge in [-0.15, -0.1) is 0 Å². The number of nitrogens with zero attached hydrogens (tertiary/aromatic N) is 3. The summed E-state index contributed by atoms with van der Waals surface area (Å²) in [6, 6.07) is 6.20. The summed E-state index contributed by atoms with van der Waals surface area (Å²) in [6.07, 6.45) is 1.77. The minimum absolute atomic E-state index is 0.164. The van der Waals surface area contributed by atoms with Crippen LogP contribution in [0, 0.1) is 5.82 Å². The third-order valence-electron chi connectivity index (χ3n) is 3.46. The zero-order chi connectivity index (χ0) is 16.5. The lowest BCUT2D eigenvalue weighted by molar-refractivity contribution is 0.0740. The predicted octanol–water partition coefficient (Wildman–Crippen LogP) is 2.17. The number of carbonyl (C=O) groups is 1. The Labute approximate surface area is 133 Å². The van der Waals surface area contributed by atoms with Crippen molar-refractivity contribution in [3.63, 3.8) is 0 Å². The van der Waals surface area contributed by atoms with Crippen LogP contribution in [0.15, 0.2) is 24.3 Å². The molecule has 1 aromatic rings. The number of halogens is 1. The van der Waals surface area contributed by atoms with Gasteiger partial charge in [0.2, 0.25) is 0 Å². The fourth-order valence-corrected chi connectivity index (χ4v) is 2.28. The minimum Gasteiger partial charge on any atom is -0.338 e. The van der Waals surface area contributed by atoms with Gasteiger partial charge in [-0.1, -0.05) is 12.1 Å². The molecule has 5 heteroatoms. The first-order valence-corrected chi connectivity index (χ1v) is 7.75. The highest BCUT2D eigenvalue weighted by molar-refractivity contribution is 5.94. The minimum atomic E-state index is -0.447. The molecule has 0 aliphatic rings. The van der Waals surface area contributed by atoms with Gasteiger partial charge in [-0.05, 0) is 66.3 Å². The van der Waals surface area contributed by atoms with Gasteiger partial charge in [-0.2, -0.15) is 0 Å². The third kappa shape index (κ3) is 6.54. The normalized spacial score (nSPS) is 11.2. The summed E-state index contributed by atoms with van der Waals surface area (Å²) in [5.74, 6) is -0.659. The first kappa shape index (κ1) is 18.6. The standard InChI is InChI=1S/C17H28FN3O/c1-19(2)11-7-13-21(14-8-12-20(3)4)17(22)15-9-5-6-10-16(15)18/h5-6,9-10H,7-8,11-14H2,1-4H3. The van der Waals surface area contributed by atoms with Crippen LogP contribution in [-0.2, 0) is 0 Å². The van der Waals surface area contributed by atoms with Crippen LogP contribution in [-0.4, -0.2) is 75.0 Å². The van der Waals surface area contributed by atoms with Gasteiger partial charge in [0.25, 0.3) is 5.91 Å². The second kappa shape index (κ2) is 9.54. The maximum absolute atomic E-state index is 13.8.